The Bertz CT molecular complexity index is 2850. The number of hydrogen-bond donors (Lipinski definition) is 0. The van der Waals surface area contributed by atoms with E-state index in [1.165, 1.54) is 65.3 Å². The van der Waals surface area contributed by atoms with Gasteiger partial charge in [0.1, 0.15) is 0 Å². The molecule has 0 spiro atoms. The molecule has 10 aromatic rings. The first-order chi connectivity index (χ1) is 24.8. The van der Waals surface area contributed by atoms with Crippen LogP contribution in [-0.2, 0) is 0 Å². The van der Waals surface area contributed by atoms with Gasteiger partial charge >= 0.3 is 0 Å². The van der Waals surface area contributed by atoms with Crippen molar-refractivity contribution in [1.29, 1.82) is 0 Å². The summed E-state index contributed by atoms with van der Waals surface area (Å²) < 4.78 is 2.38. The molecule has 0 N–H and O–H groups in total. The van der Waals surface area contributed by atoms with Crippen LogP contribution in [0.25, 0.3) is 70.9 Å². The lowest BCUT2D eigenvalue weighted by atomic mass is 9.94. The molecule has 1 heterocycles. The van der Waals surface area contributed by atoms with Gasteiger partial charge in [-0.1, -0.05) is 133 Å². The molecule has 0 atom stereocenters. The molecule has 2 nitrogen and oxygen atoms in total. The van der Waals surface area contributed by atoms with Crippen LogP contribution >= 0.6 is 0 Å². The topological polar surface area (TPSA) is 8.17 Å². The highest BCUT2D eigenvalue weighted by Crippen LogP contribution is 2.44. The minimum atomic E-state index is 1.11. The molecular weight excluding hydrogens is 605 g/mol. The van der Waals surface area contributed by atoms with Gasteiger partial charge in [-0.15, -0.1) is 0 Å². The van der Waals surface area contributed by atoms with E-state index in [2.05, 4.69) is 204 Å². The van der Waals surface area contributed by atoms with E-state index in [0.717, 1.165) is 22.7 Å². The molecule has 0 saturated carbocycles. The van der Waals surface area contributed by atoms with Crippen LogP contribution in [0.5, 0.6) is 0 Å². The van der Waals surface area contributed by atoms with E-state index >= 15 is 0 Å². The van der Waals surface area contributed by atoms with Gasteiger partial charge < -0.3 is 9.47 Å². The predicted molar refractivity (Wildman–Crippen MR) is 213 cm³/mol. The Morgan fingerprint density at radius 2 is 0.940 bits per heavy atom. The maximum Gasteiger partial charge on any atom is 0.0562 e. The smallest absolute Gasteiger partial charge is 0.0562 e. The molecule has 9 aromatic carbocycles. The van der Waals surface area contributed by atoms with E-state index in [9.17, 15) is 0 Å². The second-order valence-electron chi connectivity index (χ2n) is 13.0. The largest absolute Gasteiger partial charge is 0.310 e. The fraction of sp³-hybridized carbons (Fsp3) is 0. The highest BCUT2D eigenvalue weighted by atomic mass is 15.1. The zero-order chi connectivity index (χ0) is 33.0. The summed E-state index contributed by atoms with van der Waals surface area (Å²) >= 11 is 0. The quantitative estimate of drug-likeness (QED) is 0.171. The summed E-state index contributed by atoms with van der Waals surface area (Å²) in [5, 5.41) is 10.2. The van der Waals surface area contributed by atoms with Crippen molar-refractivity contribution in [2.24, 2.45) is 0 Å². The minimum absolute atomic E-state index is 1.11. The van der Waals surface area contributed by atoms with Gasteiger partial charge in [0, 0.05) is 27.8 Å². The van der Waals surface area contributed by atoms with Gasteiger partial charge in [0.2, 0.25) is 0 Å². The Balaban J connectivity index is 1.12. The molecule has 234 valence electrons. The molecule has 1 aromatic heterocycles. The number of hydrogen-bond acceptors (Lipinski definition) is 1. The van der Waals surface area contributed by atoms with Crippen molar-refractivity contribution in [1.82, 2.24) is 4.57 Å². The number of anilines is 3. The summed E-state index contributed by atoms with van der Waals surface area (Å²) in [7, 11) is 0. The van der Waals surface area contributed by atoms with E-state index in [1.54, 1.807) is 0 Å². The van der Waals surface area contributed by atoms with Gasteiger partial charge in [-0.2, -0.15) is 0 Å². The van der Waals surface area contributed by atoms with Gasteiger partial charge in [-0.3, -0.25) is 0 Å². The molecule has 0 fully saturated rings. The van der Waals surface area contributed by atoms with E-state index in [4.69, 9.17) is 0 Å². The number of benzene rings is 9. The third kappa shape index (κ3) is 4.50. The van der Waals surface area contributed by atoms with E-state index in [0.29, 0.717) is 0 Å². The van der Waals surface area contributed by atoms with Crippen molar-refractivity contribution < 1.29 is 0 Å². The van der Waals surface area contributed by atoms with Crippen LogP contribution in [0.15, 0.2) is 194 Å². The lowest BCUT2D eigenvalue weighted by Crippen LogP contribution is -2.10. The molecule has 0 radical (unpaired) electrons. The highest BCUT2D eigenvalue weighted by Gasteiger charge is 2.21. The van der Waals surface area contributed by atoms with Gasteiger partial charge in [0.15, 0.2) is 0 Å². The van der Waals surface area contributed by atoms with Crippen molar-refractivity contribution in [3.63, 3.8) is 0 Å². The predicted octanol–water partition coefficient (Wildman–Crippen LogP) is 13.4. The molecule has 0 aliphatic carbocycles. The summed E-state index contributed by atoms with van der Waals surface area (Å²) in [5.74, 6) is 0. The standard InChI is InChI=1S/C48H32N2/c1-3-13-38(14-4-1)49(45-20-11-21-46-48(45)43-18-9-10-19-44(43)50(46)39-15-5-2-6-16-39)40-29-26-33(27-30-40)36-28-31-42-37(32-36)25-24-35-23-22-34-12-7-8-17-41(34)47(35)42/h1-32H. The van der Waals surface area contributed by atoms with E-state index in [-0.39, 0.29) is 0 Å². The van der Waals surface area contributed by atoms with Gasteiger partial charge in [-0.25, -0.2) is 0 Å². The van der Waals surface area contributed by atoms with Crippen LogP contribution in [0, 0.1) is 0 Å². The Kier molecular flexibility index (Phi) is 6.53. The van der Waals surface area contributed by atoms with Crippen molar-refractivity contribution in [3.8, 4) is 16.8 Å². The number of fused-ring (bicyclic) bond motifs is 8. The molecule has 0 bridgehead atoms. The summed E-state index contributed by atoms with van der Waals surface area (Å²) in [4.78, 5) is 2.39. The normalized spacial score (nSPS) is 11.6. The molecule has 2 heteroatoms. The van der Waals surface area contributed by atoms with Crippen molar-refractivity contribution in [2.75, 3.05) is 4.90 Å². The van der Waals surface area contributed by atoms with Crippen molar-refractivity contribution in [2.45, 2.75) is 0 Å². The van der Waals surface area contributed by atoms with Crippen LogP contribution in [-0.4, -0.2) is 4.57 Å². The van der Waals surface area contributed by atoms with Crippen LogP contribution in [0.1, 0.15) is 0 Å². The lowest BCUT2D eigenvalue weighted by Gasteiger charge is -2.26. The summed E-state index contributed by atoms with van der Waals surface area (Å²) in [6.07, 6.45) is 0. The van der Waals surface area contributed by atoms with Gasteiger partial charge in [0.05, 0.1) is 16.7 Å². The minimum Gasteiger partial charge on any atom is -0.310 e. The molecule has 10 rings (SSSR count). The fourth-order valence-corrected chi connectivity index (χ4v) is 7.86. The Morgan fingerprint density at radius 1 is 0.340 bits per heavy atom. The second kappa shape index (κ2) is 11.5. The molecule has 0 amide bonds. The highest BCUT2D eigenvalue weighted by molar-refractivity contribution is 6.20. The third-order valence-electron chi connectivity index (χ3n) is 10.1. The molecule has 0 aliphatic rings. The number of aromatic nitrogens is 1. The third-order valence-corrected chi connectivity index (χ3v) is 10.1. The first-order valence-corrected chi connectivity index (χ1v) is 17.2. The number of para-hydroxylation sites is 3. The maximum absolute atomic E-state index is 2.39. The van der Waals surface area contributed by atoms with Crippen LogP contribution in [0.3, 0.4) is 0 Å². The monoisotopic (exact) mass is 636 g/mol. The van der Waals surface area contributed by atoms with Gasteiger partial charge in [0.25, 0.3) is 0 Å². The summed E-state index contributed by atoms with van der Waals surface area (Å²) in [6, 6.07) is 70.4. The Labute approximate surface area is 290 Å². The summed E-state index contributed by atoms with van der Waals surface area (Å²) in [6.45, 7) is 0. The van der Waals surface area contributed by atoms with Gasteiger partial charge in [-0.05, 0) is 104 Å². The van der Waals surface area contributed by atoms with Crippen LogP contribution in [0.2, 0.25) is 0 Å². The first kappa shape index (κ1) is 28.4. The fourth-order valence-electron chi connectivity index (χ4n) is 7.86. The number of rotatable bonds is 5. The summed E-state index contributed by atoms with van der Waals surface area (Å²) in [5.41, 5.74) is 9.32. The SMILES string of the molecule is c1ccc(N(c2ccc(-c3ccc4c(ccc5ccc6ccccc6c54)c3)cc2)c2cccc3c2c2ccccc2n3-c2ccccc2)cc1. The zero-order valence-corrected chi connectivity index (χ0v) is 27.4. The van der Waals surface area contributed by atoms with E-state index in [1.807, 2.05) is 0 Å². The second-order valence-corrected chi connectivity index (χ2v) is 13.0. The molecule has 50 heavy (non-hydrogen) atoms. The molecular formula is C48H32N2. The molecule has 0 saturated heterocycles. The maximum atomic E-state index is 2.39. The van der Waals surface area contributed by atoms with Crippen LogP contribution < -0.4 is 4.90 Å². The van der Waals surface area contributed by atoms with Crippen LogP contribution in [0.4, 0.5) is 17.1 Å². The average molecular weight is 637 g/mol. The lowest BCUT2D eigenvalue weighted by molar-refractivity contribution is 1.18. The Hall–Kier alpha value is -6.64. The molecule has 0 unspecified atom stereocenters. The van der Waals surface area contributed by atoms with E-state index < -0.39 is 0 Å². The Morgan fingerprint density at radius 3 is 1.76 bits per heavy atom. The molecule has 0 aliphatic heterocycles. The zero-order valence-electron chi connectivity index (χ0n) is 27.4. The van der Waals surface area contributed by atoms with Crippen molar-refractivity contribution in [3.05, 3.63) is 194 Å². The average Bonchev–Trinajstić information content (AvgIpc) is 3.53. The van der Waals surface area contributed by atoms with Crippen molar-refractivity contribution >= 4 is 71.2 Å². The number of nitrogens with zero attached hydrogens (tertiary/aromatic N) is 2. The first-order valence-electron chi connectivity index (χ1n) is 17.2.